The summed E-state index contributed by atoms with van der Waals surface area (Å²) in [4.78, 5) is 11.4. The average molecular weight is 252 g/mol. The molecule has 1 aromatic rings. The van der Waals surface area contributed by atoms with Crippen molar-refractivity contribution in [2.24, 2.45) is 5.92 Å². The van der Waals surface area contributed by atoms with Gasteiger partial charge in [-0.05, 0) is 17.7 Å². The largest absolute Gasteiger partial charge is 0.497 e. The molecule has 0 amide bonds. The van der Waals surface area contributed by atoms with Crippen molar-refractivity contribution in [3.63, 3.8) is 0 Å². The van der Waals surface area contributed by atoms with Crippen LogP contribution in [0.1, 0.15) is 18.9 Å². The number of aliphatic hydroxyl groups is 1. The first kappa shape index (κ1) is 14.7. The summed E-state index contributed by atoms with van der Waals surface area (Å²) in [5.74, 6) is 0.425. The molecule has 0 aliphatic heterocycles. The normalized spacial score (nSPS) is 12.2. The molecule has 1 N–H and O–H groups in total. The van der Waals surface area contributed by atoms with Gasteiger partial charge < -0.3 is 14.6 Å². The Morgan fingerprint density at radius 2 is 2.00 bits per heavy atom. The van der Waals surface area contributed by atoms with E-state index < -0.39 is 5.92 Å². The Bertz CT molecular complexity index is 359. The second-order valence-electron chi connectivity index (χ2n) is 4.06. The van der Waals surface area contributed by atoms with Gasteiger partial charge in [0.2, 0.25) is 0 Å². The second-order valence-corrected chi connectivity index (χ2v) is 4.06. The van der Waals surface area contributed by atoms with E-state index in [4.69, 9.17) is 14.6 Å². The standard InChI is InChI=1S/C14H20O4/c1-3-14(16)12(8-15)10-18-9-11-4-6-13(17-2)7-5-11/h4-7,12,15H,3,8-10H2,1-2H3/t12-/m1/s1. The Kier molecular flexibility index (Phi) is 6.39. The second kappa shape index (κ2) is 7.84. The van der Waals surface area contributed by atoms with Gasteiger partial charge in [-0.25, -0.2) is 0 Å². The summed E-state index contributed by atoms with van der Waals surface area (Å²) in [6.07, 6.45) is 0.428. The maximum absolute atomic E-state index is 11.4. The highest BCUT2D eigenvalue weighted by Crippen LogP contribution is 2.12. The number of benzene rings is 1. The van der Waals surface area contributed by atoms with Gasteiger partial charge in [-0.1, -0.05) is 19.1 Å². The fourth-order valence-electron chi connectivity index (χ4n) is 1.58. The van der Waals surface area contributed by atoms with Crippen LogP contribution in [0.2, 0.25) is 0 Å². The lowest BCUT2D eigenvalue weighted by Gasteiger charge is -2.12. The Morgan fingerprint density at radius 1 is 1.33 bits per heavy atom. The Labute approximate surface area is 108 Å². The zero-order valence-corrected chi connectivity index (χ0v) is 10.9. The highest BCUT2D eigenvalue weighted by atomic mass is 16.5. The summed E-state index contributed by atoms with van der Waals surface area (Å²) in [6.45, 7) is 2.32. The molecule has 0 aliphatic carbocycles. The van der Waals surface area contributed by atoms with Crippen LogP contribution in [0.3, 0.4) is 0 Å². The number of ether oxygens (including phenoxy) is 2. The molecular weight excluding hydrogens is 232 g/mol. The van der Waals surface area contributed by atoms with Crippen LogP contribution in [-0.4, -0.2) is 31.2 Å². The quantitative estimate of drug-likeness (QED) is 0.766. The highest BCUT2D eigenvalue weighted by molar-refractivity contribution is 5.80. The van der Waals surface area contributed by atoms with E-state index in [1.165, 1.54) is 0 Å². The van der Waals surface area contributed by atoms with Crippen molar-refractivity contribution in [3.8, 4) is 5.75 Å². The van der Waals surface area contributed by atoms with Crippen LogP contribution in [0.4, 0.5) is 0 Å². The summed E-state index contributed by atoms with van der Waals surface area (Å²) in [6, 6.07) is 7.54. The smallest absolute Gasteiger partial charge is 0.140 e. The molecule has 0 bridgehead atoms. The summed E-state index contributed by atoms with van der Waals surface area (Å²) >= 11 is 0. The molecule has 0 spiro atoms. The Hall–Kier alpha value is -1.39. The fraction of sp³-hybridized carbons (Fsp3) is 0.500. The van der Waals surface area contributed by atoms with Gasteiger partial charge in [0.05, 0.1) is 32.8 Å². The van der Waals surface area contributed by atoms with Gasteiger partial charge in [-0.2, -0.15) is 0 Å². The number of carbonyl (C=O) groups excluding carboxylic acids is 1. The number of ketones is 1. The van der Waals surface area contributed by atoms with Crippen LogP contribution >= 0.6 is 0 Å². The monoisotopic (exact) mass is 252 g/mol. The lowest BCUT2D eigenvalue weighted by molar-refractivity contribution is -0.126. The number of carbonyl (C=O) groups is 1. The topological polar surface area (TPSA) is 55.8 Å². The van der Waals surface area contributed by atoms with Gasteiger partial charge in [0.1, 0.15) is 11.5 Å². The minimum absolute atomic E-state index is 0.0345. The summed E-state index contributed by atoms with van der Waals surface area (Å²) < 4.78 is 10.5. The van der Waals surface area contributed by atoms with Crippen LogP contribution in [0.15, 0.2) is 24.3 Å². The number of hydrogen-bond acceptors (Lipinski definition) is 4. The van der Waals surface area contributed by atoms with Gasteiger partial charge in [0.15, 0.2) is 0 Å². The van der Waals surface area contributed by atoms with Crippen molar-refractivity contribution in [2.45, 2.75) is 20.0 Å². The third-order valence-electron chi connectivity index (χ3n) is 2.77. The van der Waals surface area contributed by atoms with Crippen LogP contribution in [0, 0.1) is 5.92 Å². The SMILES string of the molecule is CCC(=O)[C@H](CO)COCc1ccc(OC)cc1. The van der Waals surface area contributed by atoms with Crippen molar-refractivity contribution >= 4 is 5.78 Å². The molecular formula is C14H20O4. The van der Waals surface area contributed by atoms with E-state index in [1.54, 1.807) is 14.0 Å². The van der Waals surface area contributed by atoms with Crippen molar-refractivity contribution in [3.05, 3.63) is 29.8 Å². The minimum atomic E-state index is -0.409. The van der Waals surface area contributed by atoms with E-state index in [2.05, 4.69) is 0 Å². The molecule has 1 rings (SSSR count). The van der Waals surface area contributed by atoms with E-state index in [-0.39, 0.29) is 19.0 Å². The lowest BCUT2D eigenvalue weighted by Crippen LogP contribution is -2.23. The first-order valence-electron chi connectivity index (χ1n) is 6.05. The van der Waals surface area contributed by atoms with E-state index in [9.17, 15) is 4.79 Å². The molecule has 0 aliphatic rings. The van der Waals surface area contributed by atoms with E-state index >= 15 is 0 Å². The molecule has 0 saturated carbocycles. The zero-order chi connectivity index (χ0) is 13.4. The predicted molar refractivity (Wildman–Crippen MR) is 68.5 cm³/mol. The first-order chi connectivity index (χ1) is 8.71. The van der Waals surface area contributed by atoms with Crippen LogP contribution in [-0.2, 0) is 16.1 Å². The lowest BCUT2D eigenvalue weighted by atomic mass is 10.0. The van der Waals surface area contributed by atoms with E-state index in [1.807, 2.05) is 24.3 Å². The maximum Gasteiger partial charge on any atom is 0.140 e. The molecule has 0 radical (unpaired) electrons. The molecule has 0 heterocycles. The molecule has 0 aromatic heterocycles. The van der Waals surface area contributed by atoms with Crippen LogP contribution < -0.4 is 4.74 Å². The van der Waals surface area contributed by atoms with Crippen molar-refractivity contribution in [1.82, 2.24) is 0 Å². The number of Topliss-reactive ketones (excluding diaryl/α,β-unsaturated/α-hetero) is 1. The third-order valence-corrected chi connectivity index (χ3v) is 2.77. The molecule has 0 unspecified atom stereocenters. The number of methoxy groups -OCH3 is 1. The summed E-state index contributed by atoms with van der Waals surface area (Å²) in [5.41, 5.74) is 1.01. The fourth-order valence-corrected chi connectivity index (χ4v) is 1.58. The number of rotatable bonds is 8. The summed E-state index contributed by atoms with van der Waals surface area (Å²) in [5, 5.41) is 9.08. The highest BCUT2D eigenvalue weighted by Gasteiger charge is 2.15. The van der Waals surface area contributed by atoms with Crippen molar-refractivity contribution < 1.29 is 19.4 Å². The van der Waals surface area contributed by atoms with Gasteiger partial charge in [-0.3, -0.25) is 4.79 Å². The number of hydrogen-bond donors (Lipinski definition) is 1. The molecule has 0 saturated heterocycles. The van der Waals surface area contributed by atoms with Gasteiger partial charge in [0, 0.05) is 6.42 Å². The maximum atomic E-state index is 11.4. The van der Waals surface area contributed by atoms with Crippen LogP contribution in [0.25, 0.3) is 0 Å². The zero-order valence-electron chi connectivity index (χ0n) is 10.9. The molecule has 100 valence electrons. The third kappa shape index (κ3) is 4.47. The molecule has 4 heteroatoms. The molecule has 1 atom stereocenters. The Balaban J connectivity index is 2.37. The average Bonchev–Trinajstić information content (AvgIpc) is 2.43. The molecule has 4 nitrogen and oxygen atoms in total. The van der Waals surface area contributed by atoms with E-state index in [0.717, 1.165) is 11.3 Å². The predicted octanol–water partition coefficient (Wildman–Crippen LogP) is 1.80. The molecule has 0 fully saturated rings. The van der Waals surface area contributed by atoms with Crippen molar-refractivity contribution in [1.29, 1.82) is 0 Å². The van der Waals surface area contributed by atoms with Crippen molar-refractivity contribution in [2.75, 3.05) is 20.3 Å². The van der Waals surface area contributed by atoms with Crippen LogP contribution in [0.5, 0.6) is 5.75 Å². The minimum Gasteiger partial charge on any atom is -0.497 e. The molecule has 1 aromatic carbocycles. The first-order valence-corrected chi connectivity index (χ1v) is 6.05. The molecule has 18 heavy (non-hydrogen) atoms. The van der Waals surface area contributed by atoms with Gasteiger partial charge in [0.25, 0.3) is 0 Å². The summed E-state index contributed by atoms with van der Waals surface area (Å²) in [7, 11) is 1.62. The van der Waals surface area contributed by atoms with Gasteiger partial charge >= 0.3 is 0 Å². The Morgan fingerprint density at radius 3 is 2.50 bits per heavy atom. The number of aliphatic hydroxyl groups excluding tert-OH is 1. The van der Waals surface area contributed by atoms with E-state index in [0.29, 0.717) is 13.0 Å². The van der Waals surface area contributed by atoms with Gasteiger partial charge in [-0.15, -0.1) is 0 Å².